The largest absolute Gasteiger partial charge is 0.330 e. The highest BCUT2D eigenvalue weighted by Gasteiger charge is 2.15. The van der Waals surface area contributed by atoms with Crippen LogP contribution in [0.1, 0.15) is 33.6 Å². The summed E-state index contributed by atoms with van der Waals surface area (Å²) < 4.78 is 0.394. The Kier molecular flexibility index (Phi) is 5.18. The van der Waals surface area contributed by atoms with Crippen molar-refractivity contribution in [2.24, 2.45) is 5.73 Å². The topological polar surface area (TPSA) is 26.0 Å². The minimum absolute atomic E-state index is 0.394. The summed E-state index contributed by atoms with van der Waals surface area (Å²) in [5.41, 5.74) is 5.47. The Morgan fingerprint density at radius 2 is 2.00 bits per heavy atom. The molecule has 10 heavy (non-hydrogen) atoms. The van der Waals surface area contributed by atoms with E-state index < -0.39 is 0 Å². The van der Waals surface area contributed by atoms with Crippen molar-refractivity contribution in [2.75, 3.05) is 12.3 Å². The van der Waals surface area contributed by atoms with Gasteiger partial charge in [0.05, 0.1) is 0 Å². The Bertz CT molecular complexity index is 81.3. The van der Waals surface area contributed by atoms with Crippen molar-refractivity contribution in [2.45, 2.75) is 38.4 Å². The Morgan fingerprint density at radius 3 is 2.40 bits per heavy atom. The van der Waals surface area contributed by atoms with Crippen LogP contribution in [-0.4, -0.2) is 17.0 Å². The van der Waals surface area contributed by atoms with Crippen LogP contribution in [0.3, 0.4) is 0 Å². The molecule has 0 aliphatic rings. The van der Waals surface area contributed by atoms with Crippen molar-refractivity contribution >= 4 is 11.8 Å². The first-order chi connectivity index (χ1) is 4.62. The third-order valence-corrected chi connectivity index (χ3v) is 3.04. The summed E-state index contributed by atoms with van der Waals surface area (Å²) in [5.74, 6) is 1.26. The van der Waals surface area contributed by atoms with Gasteiger partial charge in [-0.25, -0.2) is 0 Å². The molecular weight excluding hydrogens is 142 g/mol. The SMILES string of the molecule is CCCSC(C)(C)CCN. The Hall–Kier alpha value is 0.310. The number of hydrogen-bond donors (Lipinski definition) is 1. The maximum Gasteiger partial charge on any atom is 0.0115 e. The van der Waals surface area contributed by atoms with Gasteiger partial charge in [-0.05, 0) is 25.1 Å². The van der Waals surface area contributed by atoms with Crippen LogP contribution in [0.4, 0.5) is 0 Å². The molecule has 0 radical (unpaired) electrons. The minimum Gasteiger partial charge on any atom is -0.330 e. The van der Waals surface area contributed by atoms with E-state index in [1.807, 2.05) is 11.8 Å². The predicted octanol–water partition coefficient (Wildman–Crippen LogP) is 2.26. The van der Waals surface area contributed by atoms with Crippen LogP contribution < -0.4 is 5.73 Å². The number of nitrogens with two attached hydrogens (primary N) is 1. The fourth-order valence-electron chi connectivity index (χ4n) is 0.798. The molecule has 0 bridgehead atoms. The first-order valence-corrected chi connectivity index (χ1v) is 4.95. The van der Waals surface area contributed by atoms with E-state index in [2.05, 4.69) is 20.8 Å². The summed E-state index contributed by atoms with van der Waals surface area (Å²) in [6.07, 6.45) is 2.39. The smallest absolute Gasteiger partial charge is 0.0115 e. The molecule has 0 atom stereocenters. The molecule has 62 valence electrons. The number of rotatable bonds is 5. The van der Waals surface area contributed by atoms with Crippen LogP contribution in [0.2, 0.25) is 0 Å². The summed E-state index contributed by atoms with van der Waals surface area (Å²) in [5, 5.41) is 0. The van der Waals surface area contributed by atoms with Crippen molar-refractivity contribution < 1.29 is 0 Å². The first-order valence-electron chi connectivity index (χ1n) is 3.96. The van der Waals surface area contributed by atoms with Crippen LogP contribution in [0, 0.1) is 0 Å². The van der Waals surface area contributed by atoms with Gasteiger partial charge in [-0.3, -0.25) is 0 Å². The highest BCUT2D eigenvalue weighted by molar-refractivity contribution is 8.00. The summed E-state index contributed by atoms with van der Waals surface area (Å²) in [4.78, 5) is 0. The third-order valence-electron chi connectivity index (χ3n) is 1.44. The molecule has 0 aromatic carbocycles. The van der Waals surface area contributed by atoms with Gasteiger partial charge in [-0.1, -0.05) is 20.8 Å². The lowest BCUT2D eigenvalue weighted by molar-refractivity contribution is 0.648. The second-order valence-electron chi connectivity index (χ2n) is 3.15. The summed E-state index contributed by atoms with van der Waals surface area (Å²) >= 11 is 2.02. The highest BCUT2D eigenvalue weighted by Crippen LogP contribution is 2.27. The predicted molar refractivity (Wildman–Crippen MR) is 50.5 cm³/mol. The second kappa shape index (κ2) is 5.03. The normalized spacial score (nSPS) is 12.0. The minimum atomic E-state index is 0.394. The number of thioether (sulfide) groups is 1. The van der Waals surface area contributed by atoms with Crippen molar-refractivity contribution in [3.8, 4) is 0 Å². The molecule has 0 spiro atoms. The van der Waals surface area contributed by atoms with Gasteiger partial charge in [0.1, 0.15) is 0 Å². The molecule has 0 fully saturated rings. The second-order valence-corrected chi connectivity index (χ2v) is 4.95. The fourth-order valence-corrected chi connectivity index (χ4v) is 1.82. The quantitative estimate of drug-likeness (QED) is 0.669. The molecule has 0 unspecified atom stereocenters. The molecule has 0 aromatic heterocycles. The van der Waals surface area contributed by atoms with E-state index in [-0.39, 0.29) is 0 Å². The van der Waals surface area contributed by atoms with Crippen molar-refractivity contribution in [1.82, 2.24) is 0 Å². The van der Waals surface area contributed by atoms with Gasteiger partial charge in [0.2, 0.25) is 0 Å². The molecule has 0 saturated carbocycles. The molecule has 0 aliphatic carbocycles. The van der Waals surface area contributed by atoms with Gasteiger partial charge >= 0.3 is 0 Å². The Morgan fingerprint density at radius 1 is 1.40 bits per heavy atom. The van der Waals surface area contributed by atoms with Gasteiger partial charge in [0.15, 0.2) is 0 Å². The summed E-state index contributed by atoms with van der Waals surface area (Å²) in [7, 11) is 0. The zero-order valence-electron chi connectivity index (χ0n) is 7.31. The Balaban J connectivity index is 3.42. The van der Waals surface area contributed by atoms with Gasteiger partial charge in [-0.15, -0.1) is 0 Å². The molecule has 0 aromatic rings. The van der Waals surface area contributed by atoms with E-state index in [1.54, 1.807) is 0 Å². The maximum absolute atomic E-state index is 5.47. The van der Waals surface area contributed by atoms with Crippen LogP contribution in [0.25, 0.3) is 0 Å². The molecule has 0 heterocycles. The average Bonchev–Trinajstić information content (AvgIpc) is 1.84. The monoisotopic (exact) mass is 161 g/mol. The zero-order valence-corrected chi connectivity index (χ0v) is 8.13. The molecule has 2 N–H and O–H groups in total. The van der Waals surface area contributed by atoms with Crippen LogP contribution in [-0.2, 0) is 0 Å². The van der Waals surface area contributed by atoms with Crippen LogP contribution in [0.15, 0.2) is 0 Å². The van der Waals surface area contributed by atoms with Gasteiger partial charge in [0.25, 0.3) is 0 Å². The summed E-state index contributed by atoms with van der Waals surface area (Å²) in [6.45, 7) is 7.55. The van der Waals surface area contributed by atoms with Crippen molar-refractivity contribution in [3.63, 3.8) is 0 Å². The van der Waals surface area contributed by atoms with Crippen LogP contribution >= 0.6 is 11.8 Å². The molecule has 2 heteroatoms. The zero-order chi connectivity index (χ0) is 8.04. The maximum atomic E-state index is 5.47. The number of hydrogen-bond acceptors (Lipinski definition) is 2. The highest BCUT2D eigenvalue weighted by atomic mass is 32.2. The molecule has 0 saturated heterocycles. The van der Waals surface area contributed by atoms with E-state index in [4.69, 9.17) is 5.73 Å². The van der Waals surface area contributed by atoms with E-state index in [0.29, 0.717) is 4.75 Å². The molecule has 0 aliphatic heterocycles. The lowest BCUT2D eigenvalue weighted by atomic mass is 10.1. The van der Waals surface area contributed by atoms with E-state index in [0.717, 1.165) is 13.0 Å². The van der Waals surface area contributed by atoms with Crippen molar-refractivity contribution in [1.29, 1.82) is 0 Å². The first kappa shape index (κ1) is 10.3. The lowest BCUT2D eigenvalue weighted by Crippen LogP contribution is -2.20. The van der Waals surface area contributed by atoms with E-state index in [1.165, 1.54) is 12.2 Å². The molecule has 0 rings (SSSR count). The summed E-state index contributed by atoms with van der Waals surface area (Å²) in [6, 6.07) is 0. The van der Waals surface area contributed by atoms with Crippen molar-refractivity contribution in [3.05, 3.63) is 0 Å². The van der Waals surface area contributed by atoms with Crippen LogP contribution in [0.5, 0.6) is 0 Å². The molecule has 1 nitrogen and oxygen atoms in total. The standard InChI is InChI=1S/C8H19NS/c1-4-7-10-8(2,3)5-6-9/h4-7,9H2,1-3H3. The fraction of sp³-hybridized carbons (Fsp3) is 1.00. The van der Waals surface area contributed by atoms with E-state index >= 15 is 0 Å². The van der Waals surface area contributed by atoms with Gasteiger partial charge in [-0.2, -0.15) is 11.8 Å². The van der Waals surface area contributed by atoms with Gasteiger partial charge < -0.3 is 5.73 Å². The van der Waals surface area contributed by atoms with Gasteiger partial charge in [0, 0.05) is 4.75 Å². The molecular formula is C8H19NS. The lowest BCUT2D eigenvalue weighted by Gasteiger charge is -2.22. The molecule has 0 amide bonds. The Labute approximate surface area is 68.8 Å². The average molecular weight is 161 g/mol. The third kappa shape index (κ3) is 5.12. The van der Waals surface area contributed by atoms with E-state index in [9.17, 15) is 0 Å².